The predicted molar refractivity (Wildman–Crippen MR) is 405 cm³/mol. The molecule has 0 spiro atoms. The molecule has 36 heteroatoms. The SMILES string of the molecule is CNC(CC(C)C)C(=O)NC1C(=O)NC(CC(N)=O)C(=O)NCC2C(=O)NC3CCC=CCC(=O)CCc4c(O)cc(O)cc4C(C(=O)O)NCC(=O)C(CC(OC4CC(C)(N)C(O)C(C)O4)CCC=CCOC4=C(OC5OC(CO)C(O)C(O)C5OC5CC(C)(N)C(O)C(C)O5)C(=CC2C=C4)OCC=CCCC1O)NCC3=O. The summed E-state index contributed by atoms with van der Waals surface area (Å²) >= 11 is 0. The van der Waals surface area contributed by atoms with Crippen molar-refractivity contribution in [3.63, 3.8) is 0 Å². The molecule has 0 aromatic heterocycles. The molecule has 7 aliphatic rings. The number of carbonyl (C=O) groups is 9. The average Bonchev–Trinajstić information content (AvgIpc) is 1.07. The smallest absolute Gasteiger partial charge is 0.325 e. The highest BCUT2D eigenvalue weighted by atomic mass is 16.8. The normalized spacial score (nSPS) is 35.1. The molecule has 23 unspecified atom stereocenters. The molecule has 22 N–H and O–H groups in total. The van der Waals surface area contributed by atoms with Crippen LogP contribution in [0.4, 0.5) is 0 Å². The first-order valence-electron chi connectivity index (χ1n) is 38.8. The molecule has 0 radical (unpaired) electrons. The number of nitrogens with two attached hydrogens (primary N) is 3. The number of nitrogens with one attached hydrogen (secondary N) is 7. The van der Waals surface area contributed by atoms with E-state index in [4.69, 9.17) is 55.1 Å². The largest absolute Gasteiger partial charge is 0.508 e. The number of hydrogen-bond donors (Lipinski definition) is 19. The number of aromatic hydroxyl groups is 2. The Morgan fingerprint density at radius 3 is 2.02 bits per heavy atom. The van der Waals surface area contributed by atoms with Crippen LogP contribution in [0.1, 0.15) is 142 Å². The molecule has 1 aliphatic carbocycles. The van der Waals surface area contributed by atoms with Crippen molar-refractivity contribution in [1.29, 1.82) is 0 Å². The van der Waals surface area contributed by atoms with Gasteiger partial charge >= 0.3 is 5.97 Å². The maximum Gasteiger partial charge on any atom is 0.325 e. The second kappa shape index (κ2) is 42.1. The summed E-state index contributed by atoms with van der Waals surface area (Å²) < 4.78 is 51.6. The molecule has 3 fully saturated rings. The van der Waals surface area contributed by atoms with Gasteiger partial charge < -0.3 is 133 Å². The Morgan fingerprint density at radius 1 is 0.746 bits per heavy atom. The second-order valence-electron chi connectivity index (χ2n) is 31.2. The van der Waals surface area contributed by atoms with Gasteiger partial charge in [0.1, 0.15) is 66.9 Å². The number of ether oxygens (including phenoxy) is 8. The Kier molecular flexibility index (Phi) is 33.8. The van der Waals surface area contributed by atoms with Crippen molar-refractivity contribution in [2.75, 3.05) is 46.5 Å². The number of carboxylic acids is 1. The molecule has 36 nitrogen and oxygen atoms in total. The third-order valence-electron chi connectivity index (χ3n) is 21.3. The number of aliphatic hydroxyl groups excluding tert-OH is 6. The third kappa shape index (κ3) is 25.2. The Bertz CT molecular complexity index is 3720. The minimum Gasteiger partial charge on any atom is -0.508 e. The number of ketones is 3. The van der Waals surface area contributed by atoms with Crippen molar-refractivity contribution in [2.24, 2.45) is 35.0 Å². The number of allylic oxidation sites excluding steroid dienone is 7. The van der Waals surface area contributed by atoms with Gasteiger partial charge in [0, 0.05) is 55.3 Å². The molecule has 0 saturated carbocycles. The first-order chi connectivity index (χ1) is 54.0. The van der Waals surface area contributed by atoms with Crippen molar-refractivity contribution in [3.05, 3.63) is 95.2 Å². The van der Waals surface area contributed by atoms with Gasteiger partial charge in [-0.05, 0) is 128 Å². The number of amides is 5. The number of aliphatic carboxylic acids is 1. The van der Waals surface area contributed by atoms with Crippen LogP contribution in [0.3, 0.4) is 0 Å². The zero-order valence-electron chi connectivity index (χ0n) is 65.4. The highest BCUT2D eigenvalue weighted by Gasteiger charge is 2.52. The zero-order chi connectivity index (χ0) is 83.5. The summed E-state index contributed by atoms with van der Waals surface area (Å²) in [4.78, 5) is 130. The zero-order valence-corrected chi connectivity index (χ0v) is 65.4. The van der Waals surface area contributed by atoms with Gasteiger partial charge in [-0.25, -0.2) is 0 Å². The maximum absolute atomic E-state index is 16.0. The lowest BCUT2D eigenvalue weighted by Crippen LogP contribution is -2.64. The lowest BCUT2D eigenvalue weighted by Gasteiger charge is -2.47. The van der Waals surface area contributed by atoms with E-state index >= 15 is 14.4 Å². The number of likely N-dealkylation sites (N-methyl/N-ethyl adjacent to an activating group) is 1. The highest BCUT2D eigenvalue weighted by Crippen LogP contribution is 2.39. The van der Waals surface area contributed by atoms with E-state index < -0.39 is 230 Å². The Balaban J connectivity index is 1.29. The number of Topliss-reactive ketones (excluding diaryl/α,β-unsaturated/α-hetero) is 3. The molecule has 8 rings (SSSR count). The standard InChI is InChI=1S/C78H116N10O26/c1-39(2)27-51(82-7)73(103)88-64-53(92)20-14-10-16-26-108-58-28-42-21-24-57(67(58)114-76-68(66(98)65(97)59(38-89)112-76)113-62-34-78(6,81)70(100)41(4)110-62)107-25-15-9-12-18-45(111-61-33-77(5,80)69(99)40(3)109-61)31-50-56(95)37-84-63(75(105)106)47-29-44(91)30-54(93)46(47)23-22-43(90)17-11-8-13-19-49(55(94)36-83-50)86-71(101)48(42)35-85-72(102)52(32-60(79)96)87-74(64)104/h8-11,15-16,21,24,28-30,39-42,45,48-53,59,61-66,68-70,76,82-84,89,91-93,97-100H,12-14,17-20,22-23,25-27,31-38,80-81H2,1-7H3,(H2,79,96)(H,85,102)(H,86,101)(H,87,104)(H,88,103)(H,105,106). The Hall–Kier alpha value is -8.15. The van der Waals surface area contributed by atoms with Crippen LogP contribution in [0, 0.1) is 17.8 Å². The van der Waals surface area contributed by atoms with Gasteiger partial charge in [0.15, 0.2) is 41.8 Å². The number of aliphatic hydroxyl groups is 6. The van der Waals surface area contributed by atoms with Crippen LogP contribution in [-0.4, -0.2) is 267 Å². The van der Waals surface area contributed by atoms with Crippen LogP contribution >= 0.6 is 0 Å². The number of carbonyl (C=O) groups excluding carboxylic acids is 8. The van der Waals surface area contributed by atoms with E-state index in [9.17, 15) is 74.7 Å². The number of phenols is 2. The fourth-order valence-corrected chi connectivity index (χ4v) is 14.8. The first-order valence-corrected chi connectivity index (χ1v) is 38.8. The second-order valence-corrected chi connectivity index (χ2v) is 31.2. The van der Waals surface area contributed by atoms with Gasteiger partial charge in [0.05, 0.1) is 86.8 Å². The molecule has 114 heavy (non-hydrogen) atoms. The Labute approximate surface area is 661 Å². The summed E-state index contributed by atoms with van der Waals surface area (Å²) in [6.45, 7) is 6.34. The number of hydrogen-bond acceptors (Lipinski definition) is 30. The molecule has 6 heterocycles. The minimum atomic E-state index is -1.92. The summed E-state index contributed by atoms with van der Waals surface area (Å²) in [5.74, 6) is -13.1. The maximum atomic E-state index is 16.0. The number of benzene rings is 1. The fraction of sp³-hybridized carbons (Fsp3) is 0.654. The predicted octanol–water partition coefficient (Wildman–Crippen LogP) is -1.73. The summed E-state index contributed by atoms with van der Waals surface area (Å²) in [5, 5.41) is 120. The van der Waals surface area contributed by atoms with Gasteiger partial charge in [-0.3, -0.25) is 48.5 Å². The van der Waals surface area contributed by atoms with E-state index in [1.807, 2.05) is 13.8 Å². The van der Waals surface area contributed by atoms with E-state index in [1.165, 1.54) is 37.4 Å². The number of primary amides is 1. The minimum absolute atomic E-state index is 0.00497. The summed E-state index contributed by atoms with van der Waals surface area (Å²) in [7, 11) is 1.54. The number of fused-ring (bicyclic) bond motifs is 6. The van der Waals surface area contributed by atoms with Gasteiger partial charge in [0.2, 0.25) is 41.6 Å². The molecule has 5 bridgehead atoms. The van der Waals surface area contributed by atoms with E-state index in [0.717, 1.165) is 12.1 Å². The molecule has 23 atom stereocenters. The molecule has 3 saturated heterocycles. The van der Waals surface area contributed by atoms with Crippen LogP contribution in [0.5, 0.6) is 11.5 Å². The lowest BCUT2D eigenvalue weighted by atomic mass is 9.86. The van der Waals surface area contributed by atoms with Gasteiger partial charge in [-0.1, -0.05) is 56.4 Å². The molecular weight excluding hydrogens is 1490 g/mol. The van der Waals surface area contributed by atoms with E-state index in [0.29, 0.717) is 6.42 Å². The van der Waals surface area contributed by atoms with Crippen LogP contribution in [0.15, 0.2) is 84.1 Å². The van der Waals surface area contributed by atoms with Crippen LogP contribution < -0.4 is 54.4 Å². The topological polar surface area (TPSA) is 572 Å². The highest BCUT2D eigenvalue weighted by molar-refractivity contribution is 5.96. The molecular formula is C78H116N10O26. The van der Waals surface area contributed by atoms with Crippen molar-refractivity contribution < 1.29 is 127 Å². The monoisotopic (exact) mass is 1610 g/mol. The van der Waals surface area contributed by atoms with Crippen molar-refractivity contribution >= 4 is 52.9 Å². The number of carboxylic acid groups (broad SMARTS) is 1. The van der Waals surface area contributed by atoms with E-state index in [-0.39, 0.29) is 130 Å². The molecule has 6 aliphatic heterocycles. The van der Waals surface area contributed by atoms with Gasteiger partial charge in [0.25, 0.3) is 0 Å². The van der Waals surface area contributed by atoms with Gasteiger partial charge in [-0.2, -0.15) is 0 Å². The molecule has 5 amide bonds. The van der Waals surface area contributed by atoms with Crippen LogP contribution in [0.2, 0.25) is 0 Å². The summed E-state index contributed by atoms with van der Waals surface area (Å²) in [6, 6.07) is -7.07. The van der Waals surface area contributed by atoms with Crippen LogP contribution in [0.25, 0.3) is 0 Å². The van der Waals surface area contributed by atoms with E-state index in [2.05, 4.69) is 37.2 Å². The fourth-order valence-electron chi connectivity index (χ4n) is 14.8. The van der Waals surface area contributed by atoms with Crippen molar-refractivity contribution in [2.45, 2.75) is 259 Å². The summed E-state index contributed by atoms with van der Waals surface area (Å²) in [6.07, 6.45) is -6.05. The quantitative estimate of drug-likeness (QED) is 0.0867. The van der Waals surface area contributed by atoms with Crippen molar-refractivity contribution in [3.8, 4) is 11.5 Å². The average molecular weight is 1610 g/mol. The summed E-state index contributed by atoms with van der Waals surface area (Å²) in [5.41, 5.74) is 16.2. The molecule has 1 aromatic carbocycles. The Morgan fingerprint density at radius 2 is 1.38 bits per heavy atom. The van der Waals surface area contributed by atoms with Crippen LogP contribution in [-0.2, 0) is 87.5 Å². The van der Waals surface area contributed by atoms with Gasteiger partial charge in [-0.15, -0.1) is 0 Å². The van der Waals surface area contributed by atoms with E-state index in [1.54, 1.807) is 52.0 Å². The number of phenolic OH excluding ortho intramolecular Hbond substituents is 2. The molecule has 1 aromatic rings. The lowest BCUT2D eigenvalue weighted by molar-refractivity contribution is -0.342. The first kappa shape index (κ1) is 91.4. The third-order valence-corrected chi connectivity index (χ3v) is 21.3. The number of rotatable bonds is 15. The molecule has 634 valence electrons. The van der Waals surface area contributed by atoms with Crippen molar-refractivity contribution in [1.82, 2.24) is 37.2 Å².